The van der Waals surface area contributed by atoms with E-state index < -0.39 is 0 Å². The summed E-state index contributed by atoms with van der Waals surface area (Å²) in [4.78, 5) is 44.2. The summed E-state index contributed by atoms with van der Waals surface area (Å²) >= 11 is 2.55. The third-order valence-corrected chi connectivity index (χ3v) is 6.33. The Balaban J connectivity index is 1.84. The molecule has 2 aromatic heterocycles. The topological polar surface area (TPSA) is 118 Å². The Labute approximate surface area is 169 Å². The van der Waals surface area contributed by atoms with E-state index in [0.717, 1.165) is 11.3 Å². The van der Waals surface area contributed by atoms with Crippen LogP contribution >= 0.6 is 23.1 Å². The Bertz CT molecular complexity index is 1100. The molecule has 7 nitrogen and oxygen atoms in total. The third-order valence-electron chi connectivity index (χ3n) is 4.18. The van der Waals surface area contributed by atoms with Gasteiger partial charge in [-0.15, -0.1) is 11.3 Å². The summed E-state index contributed by atoms with van der Waals surface area (Å²) in [5, 5.41) is 3.80. The standard InChI is InChI=1S/C19H20N4O3S2/c1-10-6-3-4-7-12(10)21-17(26)15-11(2)14-16(25)22-19(23-18(14)28-15)27-9-5-8-13(20)24/h3-4,6-7H,5,8-9H2,1-2H3,(H2,20,24)(H,21,26)(H,22,23,25). The average Bonchev–Trinajstić information content (AvgIpc) is 2.98. The molecule has 1 aromatic carbocycles. The first-order chi connectivity index (χ1) is 13.4. The number of nitrogens with one attached hydrogen (secondary N) is 2. The van der Waals surface area contributed by atoms with Crippen LogP contribution in [0.3, 0.4) is 0 Å². The summed E-state index contributed by atoms with van der Waals surface area (Å²) in [6, 6.07) is 7.51. The summed E-state index contributed by atoms with van der Waals surface area (Å²) in [5.74, 6) is 0.00287. The molecule has 0 unspecified atom stereocenters. The number of para-hydroxylation sites is 1. The van der Waals surface area contributed by atoms with E-state index in [4.69, 9.17) is 5.73 Å². The van der Waals surface area contributed by atoms with E-state index in [-0.39, 0.29) is 17.4 Å². The molecule has 28 heavy (non-hydrogen) atoms. The van der Waals surface area contributed by atoms with Crippen molar-refractivity contribution in [2.45, 2.75) is 31.8 Å². The Kier molecular flexibility index (Phi) is 6.15. The molecule has 9 heteroatoms. The van der Waals surface area contributed by atoms with E-state index in [1.165, 1.54) is 23.1 Å². The van der Waals surface area contributed by atoms with Gasteiger partial charge < -0.3 is 16.0 Å². The number of thiophene rings is 1. The second kappa shape index (κ2) is 8.57. The summed E-state index contributed by atoms with van der Waals surface area (Å²) in [6.45, 7) is 3.67. The highest BCUT2D eigenvalue weighted by Gasteiger charge is 2.20. The van der Waals surface area contributed by atoms with Crippen molar-refractivity contribution in [3.8, 4) is 0 Å². The molecular weight excluding hydrogens is 396 g/mol. The van der Waals surface area contributed by atoms with Gasteiger partial charge in [-0.1, -0.05) is 30.0 Å². The lowest BCUT2D eigenvalue weighted by molar-refractivity contribution is -0.118. The Morgan fingerprint density at radius 3 is 2.75 bits per heavy atom. The Morgan fingerprint density at radius 2 is 2.04 bits per heavy atom. The van der Waals surface area contributed by atoms with E-state index in [1.54, 1.807) is 6.92 Å². The van der Waals surface area contributed by atoms with Crippen LogP contribution in [0, 0.1) is 13.8 Å². The molecule has 0 spiro atoms. The summed E-state index contributed by atoms with van der Waals surface area (Å²) < 4.78 is 0. The molecule has 2 amide bonds. The van der Waals surface area contributed by atoms with Gasteiger partial charge in [0.2, 0.25) is 5.91 Å². The molecule has 0 fully saturated rings. The van der Waals surface area contributed by atoms with Crippen molar-refractivity contribution in [3.05, 3.63) is 50.6 Å². The fraction of sp³-hybridized carbons (Fsp3) is 0.263. The first-order valence-corrected chi connectivity index (χ1v) is 10.5. The molecule has 2 heterocycles. The van der Waals surface area contributed by atoms with Gasteiger partial charge >= 0.3 is 0 Å². The van der Waals surface area contributed by atoms with Crippen molar-refractivity contribution in [2.75, 3.05) is 11.1 Å². The Morgan fingerprint density at radius 1 is 1.29 bits per heavy atom. The molecule has 0 bridgehead atoms. The van der Waals surface area contributed by atoms with Gasteiger partial charge in [0, 0.05) is 17.9 Å². The quantitative estimate of drug-likeness (QED) is 0.310. The highest BCUT2D eigenvalue weighted by molar-refractivity contribution is 7.99. The summed E-state index contributed by atoms with van der Waals surface area (Å²) in [6.07, 6.45) is 0.899. The second-order valence-corrected chi connectivity index (χ2v) is 8.38. The van der Waals surface area contributed by atoms with Crippen LogP contribution in [0.5, 0.6) is 0 Å². The predicted octanol–water partition coefficient (Wildman–Crippen LogP) is 3.21. The molecule has 3 aromatic rings. The van der Waals surface area contributed by atoms with Crippen LogP contribution in [0.2, 0.25) is 0 Å². The zero-order valence-corrected chi connectivity index (χ0v) is 17.1. The van der Waals surface area contributed by atoms with E-state index in [2.05, 4.69) is 15.3 Å². The van der Waals surface area contributed by atoms with Gasteiger partial charge in [-0.25, -0.2) is 4.98 Å². The van der Waals surface area contributed by atoms with E-state index in [1.807, 2.05) is 31.2 Å². The van der Waals surface area contributed by atoms with E-state index in [9.17, 15) is 14.4 Å². The van der Waals surface area contributed by atoms with Crippen LogP contribution in [-0.4, -0.2) is 27.5 Å². The number of hydrogen-bond acceptors (Lipinski definition) is 6. The maximum Gasteiger partial charge on any atom is 0.266 e. The molecule has 0 radical (unpaired) electrons. The van der Waals surface area contributed by atoms with Crippen LogP contribution in [0.4, 0.5) is 5.69 Å². The molecule has 0 saturated heterocycles. The second-order valence-electron chi connectivity index (χ2n) is 6.29. The van der Waals surface area contributed by atoms with Crippen molar-refractivity contribution in [2.24, 2.45) is 5.73 Å². The van der Waals surface area contributed by atoms with E-state index in [0.29, 0.717) is 44.4 Å². The van der Waals surface area contributed by atoms with Gasteiger partial charge in [0.15, 0.2) is 5.16 Å². The fourth-order valence-electron chi connectivity index (χ4n) is 2.72. The average molecular weight is 417 g/mol. The Hall–Kier alpha value is -2.65. The maximum absolute atomic E-state index is 12.7. The van der Waals surface area contributed by atoms with Gasteiger partial charge in [-0.3, -0.25) is 14.4 Å². The van der Waals surface area contributed by atoms with Gasteiger partial charge in [-0.05, 0) is 37.5 Å². The number of H-pyrrole nitrogens is 1. The lowest BCUT2D eigenvalue weighted by Crippen LogP contribution is -2.13. The molecule has 0 aliphatic heterocycles. The van der Waals surface area contributed by atoms with Crippen molar-refractivity contribution >= 4 is 50.8 Å². The molecule has 0 aliphatic carbocycles. The first-order valence-electron chi connectivity index (χ1n) is 8.68. The number of aryl methyl sites for hydroxylation is 2. The first kappa shape index (κ1) is 20.1. The number of thioether (sulfide) groups is 1. The number of amides is 2. The minimum absolute atomic E-state index is 0.259. The molecule has 0 aliphatic rings. The SMILES string of the molecule is Cc1ccccc1NC(=O)c1sc2nc(SCCCC(N)=O)[nH]c(=O)c2c1C. The van der Waals surface area contributed by atoms with Crippen molar-refractivity contribution < 1.29 is 9.59 Å². The number of rotatable bonds is 7. The number of benzene rings is 1. The minimum Gasteiger partial charge on any atom is -0.370 e. The molecule has 3 rings (SSSR count). The predicted molar refractivity (Wildman–Crippen MR) is 113 cm³/mol. The van der Waals surface area contributed by atoms with Gasteiger partial charge in [0.1, 0.15) is 4.83 Å². The molecule has 0 saturated carbocycles. The van der Waals surface area contributed by atoms with Gasteiger partial charge in [0.05, 0.1) is 10.3 Å². The largest absolute Gasteiger partial charge is 0.370 e. The normalized spacial score (nSPS) is 10.9. The molecule has 4 N–H and O–H groups in total. The van der Waals surface area contributed by atoms with Gasteiger partial charge in [-0.2, -0.15) is 0 Å². The van der Waals surface area contributed by atoms with E-state index >= 15 is 0 Å². The van der Waals surface area contributed by atoms with Crippen molar-refractivity contribution in [3.63, 3.8) is 0 Å². The maximum atomic E-state index is 12.7. The zero-order valence-electron chi connectivity index (χ0n) is 15.5. The number of anilines is 1. The monoisotopic (exact) mass is 416 g/mol. The number of hydrogen-bond donors (Lipinski definition) is 3. The number of nitrogens with two attached hydrogens (primary N) is 1. The van der Waals surface area contributed by atoms with Crippen LogP contribution < -0.4 is 16.6 Å². The van der Waals surface area contributed by atoms with Gasteiger partial charge in [0.25, 0.3) is 11.5 Å². The van der Waals surface area contributed by atoms with Crippen LogP contribution in [0.1, 0.15) is 33.6 Å². The lowest BCUT2D eigenvalue weighted by atomic mass is 10.2. The smallest absolute Gasteiger partial charge is 0.266 e. The van der Waals surface area contributed by atoms with Crippen molar-refractivity contribution in [1.29, 1.82) is 0 Å². The number of fused-ring (bicyclic) bond motifs is 1. The molecular formula is C19H20N4O3S2. The highest BCUT2D eigenvalue weighted by atomic mass is 32.2. The molecule has 0 atom stereocenters. The van der Waals surface area contributed by atoms with Crippen LogP contribution in [-0.2, 0) is 4.79 Å². The van der Waals surface area contributed by atoms with Crippen molar-refractivity contribution in [1.82, 2.24) is 9.97 Å². The number of primary amides is 1. The number of carbonyl (C=O) groups excluding carboxylic acids is 2. The number of aromatic nitrogens is 2. The lowest BCUT2D eigenvalue weighted by Gasteiger charge is -2.07. The minimum atomic E-state index is -0.351. The molecule has 146 valence electrons. The van der Waals surface area contributed by atoms with Crippen LogP contribution in [0.25, 0.3) is 10.2 Å². The number of nitrogens with zero attached hydrogens (tertiary/aromatic N) is 1. The summed E-state index contributed by atoms with van der Waals surface area (Å²) in [5.41, 5.74) is 7.16. The zero-order chi connectivity index (χ0) is 20.3. The number of carbonyl (C=O) groups is 2. The fourth-order valence-corrected chi connectivity index (χ4v) is 4.65. The third kappa shape index (κ3) is 4.42. The van der Waals surface area contributed by atoms with Crippen LogP contribution in [0.15, 0.2) is 34.2 Å². The highest BCUT2D eigenvalue weighted by Crippen LogP contribution is 2.29. The number of aromatic amines is 1. The summed E-state index contributed by atoms with van der Waals surface area (Å²) in [7, 11) is 0.